The van der Waals surface area contributed by atoms with Gasteiger partial charge in [-0.05, 0) is 60.7 Å². The van der Waals surface area contributed by atoms with Gasteiger partial charge in [0.25, 0.3) is 0 Å². The Morgan fingerprint density at radius 2 is 1.35 bits per heavy atom. The molecule has 0 heterocycles. The van der Waals surface area contributed by atoms with E-state index in [9.17, 15) is 14.4 Å². The van der Waals surface area contributed by atoms with Crippen molar-refractivity contribution in [3.63, 3.8) is 0 Å². The molecule has 2 N–H and O–H groups in total. The molecular weight excluding hydrogens is 396 g/mol. The van der Waals surface area contributed by atoms with E-state index in [0.29, 0.717) is 17.0 Å². The number of hydrogen-bond acceptors (Lipinski definition) is 6. The Kier molecular flexibility index (Phi) is 7.37. The monoisotopic (exact) mass is 418 g/mol. The molecule has 0 aliphatic rings. The van der Waals surface area contributed by atoms with Crippen LogP contribution in [0.1, 0.15) is 17.3 Å². The highest BCUT2D eigenvalue weighted by Gasteiger charge is 2.11. The number of carbonyl (C=O) groups is 3. The van der Waals surface area contributed by atoms with Crippen molar-refractivity contribution in [1.82, 2.24) is 0 Å². The molecule has 7 nitrogen and oxygen atoms in total. The lowest BCUT2D eigenvalue weighted by molar-refractivity contribution is -0.144. The van der Waals surface area contributed by atoms with E-state index in [2.05, 4.69) is 10.6 Å². The van der Waals surface area contributed by atoms with Crippen LogP contribution >= 0.6 is 0 Å². The Hall–Kier alpha value is -4.13. The van der Waals surface area contributed by atoms with Gasteiger partial charge in [0.05, 0.1) is 0 Å². The van der Waals surface area contributed by atoms with Crippen LogP contribution in [0, 0.1) is 0 Å². The standard InChI is InChI=1S/C24H22N2O5/c1-17(27)25-20-9-7-18(8-10-20)23(28)15-31-24(29)16-30-22-13-11-21(12-14-22)26-19-5-3-2-4-6-19/h2-14,26H,15-16H2,1H3,(H,25,27). The van der Waals surface area contributed by atoms with E-state index < -0.39 is 5.97 Å². The summed E-state index contributed by atoms with van der Waals surface area (Å²) in [5.74, 6) is -0.681. The van der Waals surface area contributed by atoms with Crippen molar-refractivity contribution < 1.29 is 23.9 Å². The summed E-state index contributed by atoms with van der Waals surface area (Å²) in [6.45, 7) is 0.707. The van der Waals surface area contributed by atoms with Crippen molar-refractivity contribution in [3.05, 3.63) is 84.4 Å². The lowest BCUT2D eigenvalue weighted by atomic mass is 10.1. The van der Waals surface area contributed by atoms with Crippen molar-refractivity contribution in [2.75, 3.05) is 23.8 Å². The zero-order chi connectivity index (χ0) is 22.1. The van der Waals surface area contributed by atoms with Crippen molar-refractivity contribution in [3.8, 4) is 5.75 Å². The van der Waals surface area contributed by atoms with Crippen LogP contribution in [0.4, 0.5) is 17.1 Å². The second kappa shape index (κ2) is 10.6. The Bertz CT molecular complexity index is 1030. The number of benzene rings is 3. The fourth-order valence-electron chi connectivity index (χ4n) is 2.68. The molecule has 1 amide bonds. The van der Waals surface area contributed by atoms with Gasteiger partial charge in [0.2, 0.25) is 5.91 Å². The second-order valence-electron chi connectivity index (χ2n) is 6.65. The molecule has 0 saturated carbocycles. The van der Waals surface area contributed by atoms with Gasteiger partial charge in [0.1, 0.15) is 5.75 Å². The third kappa shape index (κ3) is 7.01. The van der Waals surface area contributed by atoms with E-state index in [-0.39, 0.29) is 24.9 Å². The number of esters is 1. The lowest BCUT2D eigenvalue weighted by Crippen LogP contribution is -2.19. The highest BCUT2D eigenvalue weighted by Crippen LogP contribution is 2.19. The first-order valence-electron chi connectivity index (χ1n) is 9.61. The number of ether oxygens (including phenoxy) is 2. The number of Topliss-reactive ketones (excluding diaryl/α,β-unsaturated/α-hetero) is 1. The fourth-order valence-corrected chi connectivity index (χ4v) is 2.68. The number of anilines is 3. The minimum absolute atomic E-state index is 0.199. The number of para-hydroxylation sites is 1. The molecule has 0 atom stereocenters. The lowest BCUT2D eigenvalue weighted by Gasteiger charge is -2.09. The number of hydrogen-bond donors (Lipinski definition) is 2. The van der Waals surface area contributed by atoms with E-state index in [4.69, 9.17) is 9.47 Å². The number of amides is 1. The number of nitrogens with one attached hydrogen (secondary N) is 2. The molecule has 0 aliphatic carbocycles. The Morgan fingerprint density at radius 1 is 0.742 bits per heavy atom. The van der Waals surface area contributed by atoms with Crippen LogP contribution in [-0.2, 0) is 14.3 Å². The fraction of sp³-hybridized carbons (Fsp3) is 0.125. The Labute approximate surface area is 180 Å². The predicted molar refractivity (Wildman–Crippen MR) is 118 cm³/mol. The third-order valence-corrected chi connectivity index (χ3v) is 4.16. The smallest absolute Gasteiger partial charge is 0.344 e. The molecular formula is C24H22N2O5. The summed E-state index contributed by atoms with van der Waals surface area (Å²) in [6.07, 6.45) is 0. The summed E-state index contributed by atoms with van der Waals surface area (Å²) in [6, 6.07) is 23.2. The Balaban J connectivity index is 1.41. The molecule has 0 bridgehead atoms. The first-order chi connectivity index (χ1) is 15.0. The molecule has 31 heavy (non-hydrogen) atoms. The number of carbonyl (C=O) groups excluding carboxylic acids is 3. The topological polar surface area (TPSA) is 93.7 Å². The van der Waals surface area contributed by atoms with Crippen LogP contribution < -0.4 is 15.4 Å². The van der Waals surface area contributed by atoms with Crippen molar-refractivity contribution >= 4 is 34.7 Å². The first-order valence-corrected chi connectivity index (χ1v) is 9.61. The average Bonchev–Trinajstić information content (AvgIpc) is 2.78. The normalized spacial score (nSPS) is 10.1. The van der Waals surface area contributed by atoms with Crippen LogP contribution in [-0.4, -0.2) is 30.9 Å². The molecule has 0 aromatic heterocycles. The van der Waals surface area contributed by atoms with Crippen molar-refractivity contribution in [2.45, 2.75) is 6.92 Å². The maximum Gasteiger partial charge on any atom is 0.344 e. The van der Waals surface area contributed by atoms with Gasteiger partial charge in [0, 0.05) is 29.5 Å². The van der Waals surface area contributed by atoms with Crippen LogP contribution in [0.15, 0.2) is 78.9 Å². The van der Waals surface area contributed by atoms with E-state index >= 15 is 0 Å². The van der Waals surface area contributed by atoms with Crippen molar-refractivity contribution in [2.24, 2.45) is 0 Å². The molecule has 7 heteroatoms. The van der Waals surface area contributed by atoms with Gasteiger partial charge in [-0.1, -0.05) is 18.2 Å². The third-order valence-electron chi connectivity index (χ3n) is 4.16. The summed E-state index contributed by atoms with van der Waals surface area (Å²) < 4.78 is 10.4. The van der Waals surface area contributed by atoms with Crippen LogP contribution in [0.2, 0.25) is 0 Å². The summed E-state index contributed by atoms with van der Waals surface area (Å²) in [5.41, 5.74) is 2.81. The van der Waals surface area contributed by atoms with Gasteiger partial charge in [0.15, 0.2) is 19.0 Å². The summed E-state index contributed by atoms with van der Waals surface area (Å²) in [5, 5.41) is 5.86. The predicted octanol–water partition coefficient (Wildman–Crippen LogP) is 4.19. The maximum atomic E-state index is 12.1. The molecule has 0 fully saturated rings. The summed E-state index contributed by atoms with van der Waals surface area (Å²) in [7, 11) is 0. The van der Waals surface area contributed by atoms with Crippen LogP contribution in [0.25, 0.3) is 0 Å². The minimum atomic E-state index is -0.644. The Morgan fingerprint density at radius 3 is 2.00 bits per heavy atom. The molecule has 3 aromatic carbocycles. The largest absolute Gasteiger partial charge is 0.482 e. The molecule has 3 rings (SSSR count). The first kappa shape index (κ1) is 21.6. The van der Waals surface area contributed by atoms with E-state index in [1.807, 2.05) is 42.5 Å². The van der Waals surface area contributed by atoms with Crippen LogP contribution in [0.3, 0.4) is 0 Å². The van der Waals surface area contributed by atoms with Crippen LogP contribution in [0.5, 0.6) is 5.75 Å². The highest BCUT2D eigenvalue weighted by molar-refractivity contribution is 5.98. The molecule has 0 spiro atoms. The van der Waals surface area contributed by atoms with Gasteiger partial charge in [-0.15, -0.1) is 0 Å². The number of ketones is 1. The second-order valence-corrected chi connectivity index (χ2v) is 6.65. The maximum absolute atomic E-state index is 12.1. The summed E-state index contributed by atoms with van der Waals surface area (Å²) >= 11 is 0. The van der Waals surface area contributed by atoms with E-state index in [1.54, 1.807) is 36.4 Å². The quantitative estimate of drug-likeness (QED) is 0.400. The van der Waals surface area contributed by atoms with Gasteiger partial charge in [-0.3, -0.25) is 9.59 Å². The molecule has 158 valence electrons. The minimum Gasteiger partial charge on any atom is -0.482 e. The average molecular weight is 418 g/mol. The zero-order valence-corrected chi connectivity index (χ0v) is 17.0. The SMILES string of the molecule is CC(=O)Nc1ccc(C(=O)COC(=O)COc2ccc(Nc3ccccc3)cc2)cc1. The molecule has 3 aromatic rings. The number of rotatable bonds is 9. The van der Waals surface area contributed by atoms with Gasteiger partial charge >= 0.3 is 5.97 Å². The van der Waals surface area contributed by atoms with Crippen molar-refractivity contribution in [1.29, 1.82) is 0 Å². The van der Waals surface area contributed by atoms with Gasteiger partial charge < -0.3 is 20.1 Å². The molecule has 0 unspecified atom stereocenters. The van der Waals surface area contributed by atoms with E-state index in [0.717, 1.165) is 11.4 Å². The van der Waals surface area contributed by atoms with E-state index in [1.165, 1.54) is 6.92 Å². The zero-order valence-electron chi connectivity index (χ0n) is 17.0. The molecule has 0 aliphatic heterocycles. The highest BCUT2D eigenvalue weighted by atomic mass is 16.6. The van der Waals surface area contributed by atoms with Gasteiger partial charge in [-0.2, -0.15) is 0 Å². The molecule has 0 radical (unpaired) electrons. The summed E-state index contributed by atoms with van der Waals surface area (Å²) in [4.78, 5) is 35.0. The van der Waals surface area contributed by atoms with Gasteiger partial charge in [-0.25, -0.2) is 4.79 Å². The molecule has 0 saturated heterocycles.